The van der Waals surface area contributed by atoms with E-state index in [0.29, 0.717) is 0 Å². The minimum absolute atomic E-state index is 2.75. The molecule has 64 heavy (non-hydrogen) atoms. The van der Waals surface area contributed by atoms with E-state index in [-0.39, 0.29) is 0 Å². The summed E-state index contributed by atoms with van der Waals surface area (Å²) < 4.78 is 0. The SMILES string of the molecule is N/N=N/N=N/N=N/N=N/N=N/N=N/N=N/N=N/N=N/N=N/N=N/N=N/N=N/N=N/N=N/N=N/N=N/N=N/N=N/N=N/N=N/N=N/N=N/N=N/N=N/N=N/N=N/N=N/N=N/N=N/N=N/N. The molecule has 0 aromatic carbocycles. The summed E-state index contributed by atoms with van der Waals surface area (Å²) in [5.74, 6) is 9.26. The van der Waals surface area contributed by atoms with Gasteiger partial charge >= 0.3 is 0 Å². The van der Waals surface area contributed by atoms with Gasteiger partial charge in [0, 0.05) is 240 Å². The van der Waals surface area contributed by atoms with Crippen molar-refractivity contribution in [1.82, 2.24) is 0 Å². The van der Waals surface area contributed by atoms with Gasteiger partial charge in [-0.3, -0.25) is 0 Å². The zero-order chi connectivity index (χ0) is 45.8. The lowest BCUT2D eigenvalue weighted by atomic mass is 12.3. The molecular weight excluding hydrogens is 896 g/mol. The number of rotatable bonds is 30. The molecule has 64 heteroatoms. The number of nitrogens with two attached hydrogens (primary N) is 2. The summed E-state index contributed by atoms with van der Waals surface area (Å²) in [7, 11) is 0. The summed E-state index contributed by atoms with van der Waals surface area (Å²) >= 11 is 0. The van der Waals surface area contributed by atoms with Crippen molar-refractivity contribution in [3.8, 4) is 0 Å². The Hall–Kier alpha value is -12.8. The smallest absolute Gasteiger partial charge is 0 e. The Morgan fingerprint density at radius 1 is 0.0781 bits per heavy atom. The summed E-state index contributed by atoms with van der Waals surface area (Å²) in [6.07, 6.45) is 0. The molecule has 0 aromatic heterocycles. The molecule has 0 radical (unpaired) electrons. The van der Waals surface area contributed by atoms with Crippen LogP contribution in [0, 0.1) is 0 Å². The largest absolute Gasteiger partial charge is 0.303 e. The van der Waals surface area contributed by atoms with Crippen LogP contribution in [0.15, 0.2) is 324 Å². The van der Waals surface area contributed by atoms with Crippen LogP contribution in [-0.2, 0) is 0 Å². The molecule has 0 rings (SSSR count). The number of hydrogen-bond acceptors (Lipinski definition) is 2. The van der Waals surface area contributed by atoms with Crippen LogP contribution >= 0.6 is 0 Å². The highest BCUT2D eigenvalue weighted by Gasteiger charge is 1.76. The van der Waals surface area contributed by atoms with E-state index in [1.807, 2.05) is 0 Å². The fourth-order valence-corrected chi connectivity index (χ4v) is 1.08. The van der Waals surface area contributed by atoms with Gasteiger partial charge in [0.2, 0.25) is 0 Å². The summed E-state index contributed by atoms with van der Waals surface area (Å²) in [6, 6.07) is 0. The van der Waals surface area contributed by atoms with E-state index in [4.69, 9.17) is 0 Å². The lowest BCUT2D eigenvalue weighted by molar-refractivity contribution is 0.724. The molecule has 0 amide bonds. The van der Waals surface area contributed by atoms with Gasteiger partial charge in [-0.15, -0.1) is 0 Å². The standard InChI is InChI=1S/H4N64/c1-3-5-7-9-11-13-15-17-19-21-23-25-27-29-31-33-35-37-39-41-43-45-47-49-51-53-55-57-59-61-63-64-62-60-58-56-54-52-50-48-46-44-42-40-38-36-34-32-30-28-26-24-22-20-18-16-14-12-10-8-6-4-2/h(H2,1,4,5,8,9,12,13,16,17,20,21,24,25,28,29,32,33,36,37,40,41,44,45,48,49,52,53,56,57,60,61,64)(H2,2,3,6,7,10,11,14,15,18,19,22,23,26,27,30,31,34,35,38,39,42,43,46,47,50,51,54,55,58,59,62,63). The maximum atomic E-state index is 4.63. The van der Waals surface area contributed by atoms with Crippen LogP contribution in [0.2, 0.25) is 0 Å². The molecule has 0 aliphatic rings. The Morgan fingerprint density at radius 3 is 0.172 bits per heavy atom. The molecule has 0 aliphatic carbocycles. The van der Waals surface area contributed by atoms with Crippen molar-refractivity contribution < 1.29 is 0 Å². The Kier molecular flexibility index (Phi) is 40.2. The van der Waals surface area contributed by atoms with Gasteiger partial charge in [0.05, 0.1) is 0 Å². The normalized spacial score (nSPS) is 15.6. The Morgan fingerprint density at radius 2 is 0.125 bits per heavy atom. The molecule has 0 saturated heterocycles. The van der Waals surface area contributed by atoms with Gasteiger partial charge in [-0.25, -0.2) is 0 Å². The predicted octanol–water partition coefficient (Wildman–Crippen LogP) is 10.2. The van der Waals surface area contributed by atoms with Crippen LogP contribution in [-0.4, -0.2) is 0 Å². The second-order valence-electron chi connectivity index (χ2n) is 5.60. The average molecular weight is 900 g/mol. The van der Waals surface area contributed by atoms with Crippen molar-refractivity contribution in [1.29, 1.82) is 0 Å². The Labute approximate surface area is 336 Å². The number of nitrogens with zero attached hydrogens (tertiary/aromatic N) is 62. The van der Waals surface area contributed by atoms with E-state index in [9.17, 15) is 0 Å². The van der Waals surface area contributed by atoms with Gasteiger partial charge in [0.15, 0.2) is 0 Å². The molecule has 0 atom stereocenters. The monoisotopic (exact) mass is 900 g/mol. The van der Waals surface area contributed by atoms with Gasteiger partial charge in [0.25, 0.3) is 0 Å². The minimum atomic E-state index is 2.75. The van der Waals surface area contributed by atoms with Crippen molar-refractivity contribution in [2.45, 2.75) is 0 Å². The summed E-state index contributed by atoms with van der Waals surface area (Å²) in [5.41, 5.74) is 0. The van der Waals surface area contributed by atoms with Crippen molar-refractivity contribution in [2.75, 3.05) is 0 Å². The fourth-order valence-electron chi connectivity index (χ4n) is 1.08. The first kappa shape index (κ1) is 51.2. The first-order chi connectivity index (χ1) is 31.9. The van der Waals surface area contributed by atoms with Gasteiger partial charge < -0.3 is 11.7 Å². The van der Waals surface area contributed by atoms with Crippen molar-refractivity contribution in [2.24, 2.45) is 336 Å². The van der Waals surface area contributed by atoms with E-state index >= 15 is 0 Å². The van der Waals surface area contributed by atoms with E-state index < -0.39 is 0 Å². The predicted molar refractivity (Wildman–Crippen MR) is 159 cm³/mol. The fraction of sp³-hybridized carbons (Fsp3) is 0. The van der Waals surface area contributed by atoms with Crippen LogP contribution < -0.4 is 11.7 Å². The zero-order valence-corrected chi connectivity index (χ0v) is 28.9. The highest BCUT2D eigenvalue weighted by atomic mass is 15.8. The zero-order valence-electron chi connectivity index (χ0n) is 28.9. The molecule has 0 aromatic rings. The molecule has 64 nitrogen and oxygen atoms in total. The topological polar surface area (TPSA) is 818 Å². The molecular formula is H4N64. The molecule has 324 valence electrons. The molecule has 0 saturated carbocycles. The van der Waals surface area contributed by atoms with Crippen molar-refractivity contribution in [3.05, 3.63) is 0 Å². The average Bonchev–Trinajstić information content (AvgIpc) is 3.31. The lowest BCUT2D eigenvalue weighted by Crippen LogP contribution is -1.70. The summed E-state index contributed by atoms with van der Waals surface area (Å²) in [5, 5.41) is 185. The maximum absolute atomic E-state index is 4.63. The first-order valence-corrected chi connectivity index (χ1v) is 12.7. The van der Waals surface area contributed by atoms with Crippen LogP contribution in [0.4, 0.5) is 0 Å². The van der Waals surface area contributed by atoms with Crippen LogP contribution in [0.25, 0.3) is 0 Å². The highest BCUT2D eigenvalue weighted by Crippen LogP contribution is 1.94. The minimum Gasteiger partial charge on any atom is -0.303 e. The summed E-state index contributed by atoms with van der Waals surface area (Å²) in [6.45, 7) is 0. The van der Waals surface area contributed by atoms with E-state index in [0.717, 1.165) is 0 Å². The second-order valence-corrected chi connectivity index (χ2v) is 5.60. The molecule has 0 spiro atoms. The molecule has 0 unspecified atom stereocenters. The van der Waals surface area contributed by atoms with Crippen LogP contribution in [0.3, 0.4) is 0 Å². The van der Waals surface area contributed by atoms with Gasteiger partial charge in [0.1, 0.15) is 0 Å². The van der Waals surface area contributed by atoms with Gasteiger partial charge in [-0.1, -0.05) is 10.4 Å². The first-order valence-electron chi connectivity index (χ1n) is 12.7. The number of hydrogen-bond donors (Lipinski definition) is 2. The van der Waals surface area contributed by atoms with E-state index in [1.54, 1.807) is 0 Å². The molecule has 0 bridgehead atoms. The lowest BCUT2D eigenvalue weighted by Gasteiger charge is -1.70. The molecule has 0 heterocycles. The van der Waals surface area contributed by atoms with E-state index in [2.05, 4.69) is 336 Å². The van der Waals surface area contributed by atoms with Crippen molar-refractivity contribution >= 4 is 0 Å². The van der Waals surface area contributed by atoms with Gasteiger partial charge in [-0.05, 0) is 73.1 Å². The van der Waals surface area contributed by atoms with E-state index in [1.165, 1.54) is 0 Å². The third-order valence-corrected chi connectivity index (χ3v) is 2.46. The van der Waals surface area contributed by atoms with Crippen LogP contribution in [0.5, 0.6) is 0 Å². The van der Waals surface area contributed by atoms with Gasteiger partial charge in [-0.2, -0.15) is 0 Å². The van der Waals surface area contributed by atoms with Crippen LogP contribution in [0.1, 0.15) is 0 Å². The summed E-state index contributed by atoms with van der Waals surface area (Å²) in [4.78, 5) is 0. The highest BCUT2D eigenvalue weighted by molar-refractivity contribution is 4.19. The third kappa shape index (κ3) is 49.2. The molecule has 0 fully saturated rings. The molecule has 0 aliphatic heterocycles. The van der Waals surface area contributed by atoms with Crippen molar-refractivity contribution in [3.63, 3.8) is 0 Å². The second kappa shape index (κ2) is 50.2. The molecule has 4 N–H and O–H groups in total. The third-order valence-electron chi connectivity index (χ3n) is 2.46. The Balaban J connectivity index is 4.08. The quantitative estimate of drug-likeness (QED) is 0.0403. The Bertz CT molecular complexity index is 1980. The maximum Gasteiger partial charge on any atom is 0 e.